The Kier molecular flexibility index (Phi) is 7.33. The van der Waals surface area contributed by atoms with Crippen molar-refractivity contribution in [2.75, 3.05) is 19.7 Å². The molecule has 0 spiro atoms. The Labute approximate surface area is 183 Å². The molecule has 1 aliphatic heterocycles. The van der Waals surface area contributed by atoms with Crippen LogP contribution in [0.25, 0.3) is 0 Å². The Bertz CT molecular complexity index is 1020. The molecule has 6 nitrogen and oxygen atoms in total. The number of piperidine rings is 1. The summed E-state index contributed by atoms with van der Waals surface area (Å²) in [6.07, 6.45) is 1.23. The normalized spacial score (nSPS) is 18.4. The van der Waals surface area contributed by atoms with Gasteiger partial charge in [0.15, 0.2) is 0 Å². The first kappa shape index (κ1) is 23.2. The Morgan fingerprint density at radius 3 is 2.61 bits per heavy atom. The number of amides is 1. The predicted molar refractivity (Wildman–Crippen MR) is 117 cm³/mol. The van der Waals surface area contributed by atoms with Gasteiger partial charge in [-0.05, 0) is 75.1 Å². The summed E-state index contributed by atoms with van der Waals surface area (Å²) in [7, 11) is -3.71. The van der Waals surface area contributed by atoms with Crippen molar-refractivity contribution in [1.29, 1.82) is 0 Å². The lowest BCUT2D eigenvalue weighted by atomic mass is 9.98. The molecular weight excluding hydrogens is 419 g/mol. The Morgan fingerprint density at radius 2 is 1.97 bits per heavy atom. The summed E-state index contributed by atoms with van der Waals surface area (Å²) >= 11 is 0. The SMILES string of the molecule is CCOc1ccc(S(=O)(=O)N2CCC[C@@H](C(=O)N[C@@H](C)c3ccc(F)cc3)C2)cc1C. The number of nitrogens with zero attached hydrogens (tertiary/aromatic N) is 1. The zero-order valence-electron chi connectivity index (χ0n) is 18.1. The van der Waals surface area contributed by atoms with Gasteiger partial charge in [0.2, 0.25) is 15.9 Å². The van der Waals surface area contributed by atoms with E-state index >= 15 is 0 Å². The molecule has 0 unspecified atom stereocenters. The second-order valence-corrected chi connectivity index (χ2v) is 9.78. The molecule has 1 saturated heterocycles. The predicted octanol–water partition coefficient (Wildman–Crippen LogP) is 3.81. The van der Waals surface area contributed by atoms with Crippen LogP contribution >= 0.6 is 0 Å². The van der Waals surface area contributed by atoms with Gasteiger partial charge in [0.05, 0.1) is 23.5 Å². The second-order valence-electron chi connectivity index (χ2n) is 7.84. The van der Waals surface area contributed by atoms with Crippen molar-refractivity contribution in [2.45, 2.75) is 44.6 Å². The molecule has 2 aromatic carbocycles. The molecule has 0 bridgehead atoms. The van der Waals surface area contributed by atoms with E-state index in [0.717, 1.165) is 11.1 Å². The third kappa shape index (κ3) is 5.43. The summed E-state index contributed by atoms with van der Waals surface area (Å²) < 4.78 is 46.4. The van der Waals surface area contributed by atoms with Gasteiger partial charge in [-0.15, -0.1) is 0 Å². The van der Waals surface area contributed by atoms with Crippen molar-refractivity contribution in [3.05, 3.63) is 59.4 Å². The molecule has 1 fully saturated rings. The molecule has 0 radical (unpaired) electrons. The minimum absolute atomic E-state index is 0.135. The maximum atomic E-state index is 13.2. The van der Waals surface area contributed by atoms with Gasteiger partial charge in [-0.2, -0.15) is 4.31 Å². The number of ether oxygens (including phenoxy) is 1. The van der Waals surface area contributed by atoms with Gasteiger partial charge in [0.1, 0.15) is 11.6 Å². The average molecular weight is 449 g/mol. The van der Waals surface area contributed by atoms with E-state index in [1.807, 2.05) is 20.8 Å². The van der Waals surface area contributed by atoms with E-state index in [-0.39, 0.29) is 29.2 Å². The number of rotatable bonds is 7. The van der Waals surface area contributed by atoms with Gasteiger partial charge >= 0.3 is 0 Å². The fourth-order valence-electron chi connectivity index (χ4n) is 3.79. The summed E-state index contributed by atoms with van der Waals surface area (Å²) in [6.45, 7) is 6.53. The number of hydrogen-bond acceptors (Lipinski definition) is 4. The molecule has 2 aromatic rings. The van der Waals surface area contributed by atoms with Crippen molar-refractivity contribution in [3.63, 3.8) is 0 Å². The molecular formula is C23H29FN2O4S. The van der Waals surface area contributed by atoms with Crippen molar-refractivity contribution in [2.24, 2.45) is 5.92 Å². The van der Waals surface area contributed by atoms with Crippen molar-refractivity contribution in [3.8, 4) is 5.75 Å². The van der Waals surface area contributed by atoms with Crippen molar-refractivity contribution >= 4 is 15.9 Å². The van der Waals surface area contributed by atoms with Crippen LogP contribution in [0, 0.1) is 18.7 Å². The Morgan fingerprint density at radius 1 is 1.26 bits per heavy atom. The molecule has 1 aliphatic rings. The quantitative estimate of drug-likeness (QED) is 0.699. The molecule has 0 aromatic heterocycles. The van der Waals surface area contributed by atoms with E-state index in [1.54, 1.807) is 30.3 Å². The van der Waals surface area contributed by atoms with Gasteiger partial charge in [-0.25, -0.2) is 12.8 Å². The summed E-state index contributed by atoms with van der Waals surface area (Å²) in [4.78, 5) is 13.0. The van der Waals surface area contributed by atoms with E-state index in [2.05, 4.69) is 5.32 Å². The van der Waals surface area contributed by atoms with Gasteiger partial charge in [0, 0.05) is 13.1 Å². The first-order valence-corrected chi connectivity index (χ1v) is 12.0. The highest BCUT2D eigenvalue weighted by Gasteiger charge is 2.34. The number of benzene rings is 2. The second kappa shape index (κ2) is 9.78. The van der Waals surface area contributed by atoms with E-state index in [0.29, 0.717) is 31.7 Å². The maximum absolute atomic E-state index is 13.2. The first-order chi connectivity index (χ1) is 14.7. The Hall–Kier alpha value is -2.45. The summed E-state index contributed by atoms with van der Waals surface area (Å²) in [5, 5.41) is 2.93. The topological polar surface area (TPSA) is 75.7 Å². The number of aryl methyl sites for hydroxylation is 1. The molecule has 0 aliphatic carbocycles. The molecule has 31 heavy (non-hydrogen) atoms. The highest BCUT2D eigenvalue weighted by Crippen LogP contribution is 2.28. The third-order valence-corrected chi connectivity index (χ3v) is 7.43. The van der Waals surface area contributed by atoms with Crippen molar-refractivity contribution in [1.82, 2.24) is 9.62 Å². The molecule has 168 valence electrons. The zero-order valence-corrected chi connectivity index (χ0v) is 18.9. The highest BCUT2D eigenvalue weighted by molar-refractivity contribution is 7.89. The molecule has 1 N–H and O–H groups in total. The lowest BCUT2D eigenvalue weighted by Crippen LogP contribution is -2.45. The lowest BCUT2D eigenvalue weighted by Gasteiger charge is -2.32. The number of hydrogen-bond donors (Lipinski definition) is 1. The molecule has 3 rings (SSSR count). The zero-order chi connectivity index (χ0) is 22.6. The van der Waals surface area contributed by atoms with E-state index in [1.165, 1.54) is 16.4 Å². The van der Waals surface area contributed by atoms with Gasteiger partial charge in [-0.1, -0.05) is 12.1 Å². The van der Waals surface area contributed by atoms with Gasteiger partial charge in [-0.3, -0.25) is 4.79 Å². The number of nitrogens with one attached hydrogen (secondary N) is 1. The fourth-order valence-corrected chi connectivity index (χ4v) is 5.40. The van der Waals surface area contributed by atoms with Crippen LogP contribution in [0.15, 0.2) is 47.4 Å². The van der Waals surface area contributed by atoms with E-state index in [4.69, 9.17) is 4.74 Å². The molecule has 2 atom stereocenters. The van der Waals surface area contributed by atoms with Crippen LogP contribution in [0.4, 0.5) is 4.39 Å². The molecule has 8 heteroatoms. The van der Waals surface area contributed by atoms with Gasteiger partial charge < -0.3 is 10.1 Å². The average Bonchev–Trinajstić information content (AvgIpc) is 2.75. The lowest BCUT2D eigenvalue weighted by molar-refractivity contribution is -0.126. The largest absolute Gasteiger partial charge is 0.494 e. The van der Waals surface area contributed by atoms with Crippen LogP contribution in [0.5, 0.6) is 5.75 Å². The standard InChI is InChI=1S/C23H29FN2O4S/c1-4-30-22-12-11-21(14-16(22)2)31(28,29)26-13-5-6-19(15-26)23(27)25-17(3)18-7-9-20(24)10-8-18/h7-12,14,17,19H,4-6,13,15H2,1-3H3,(H,25,27)/t17-,19+/m0/s1. The first-order valence-electron chi connectivity index (χ1n) is 10.5. The monoisotopic (exact) mass is 448 g/mol. The van der Waals surface area contributed by atoms with Crippen LogP contribution in [-0.2, 0) is 14.8 Å². The number of halogens is 1. The molecule has 1 heterocycles. The van der Waals surface area contributed by atoms with Crippen LogP contribution < -0.4 is 10.1 Å². The smallest absolute Gasteiger partial charge is 0.243 e. The fraction of sp³-hybridized carbons (Fsp3) is 0.435. The maximum Gasteiger partial charge on any atom is 0.243 e. The van der Waals surface area contributed by atoms with E-state index < -0.39 is 15.9 Å². The minimum atomic E-state index is -3.71. The Balaban J connectivity index is 1.69. The van der Waals surface area contributed by atoms with E-state index in [9.17, 15) is 17.6 Å². The van der Waals surface area contributed by atoms with Crippen LogP contribution in [-0.4, -0.2) is 38.3 Å². The summed E-state index contributed by atoms with van der Waals surface area (Å²) in [6, 6.07) is 10.5. The molecule has 1 amide bonds. The minimum Gasteiger partial charge on any atom is -0.494 e. The molecule has 0 saturated carbocycles. The highest BCUT2D eigenvalue weighted by atomic mass is 32.2. The third-order valence-electron chi connectivity index (χ3n) is 5.57. The summed E-state index contributed by atoms with van der Waals surface area (Å²) in [5.41, 5.74) is 1.54. The van der Waals surface area contributed by atoms with Crippen LogP contribution in [0.2, 0.25) is 0 Å². The number of sulfonamides is 1. The van der Waals surface area contributed by atoms with Crippen LogP contribution in [0.1, 0.15) is 43.9 Å². The van der Waals surface area contributed by atoms with Crippen LogP contribution in [0.3, 0.4) is 0 Å². The van der Waals surface area contributed by atoms with Crippen molar-refractivity contribution < 1.29 is 22.3 Å². The number of carbonyl (C=O) groups is 1. The number of carbonyl (C=O) groups excluding carboxylic acids is 1. The summed E-state index contributed by atoms with van der Waals surface area (Å²) in [5.74, 6) is -0.304. The van der Waals surface area contributed by atoms with Gasteiger partial charge in [0.25, 0.3) is 0 Å².